The highest BCUT2D eigenvalue weighted by Gasteiger charge is 2.59. The van der Waals surface area contributed by atoms with E-state index in [0.717, 1.165) is 6.54 Å². The molecule has 94 valence electrons. The molecule has 0 unspecified atom stereocenters. The van der Waals surface area contributed by atoms with Crippen molar-refractivity contribution >= 4 is 11.9 Å². The number of fused-ring (bicyclic) bond motifs is 1. The lowest BCUT2D eigenvalue weighted by Gasteiger charge is -2.19. The molecule has 18 heavy (non-hydrogen) atoms. The summed E-state index contributed by atoms with van der Waals surface area (Å²) in [5, 5.41) is 0. The molecule has 2 heterocycles. The molecule has 1 aromatic carbocycles. The Kier molecular flexibility index (Phi) is 2.48. The van der Waals surface area contributed by atoms with Crippen molar-refractivity contribution in [2.24, 2.45) is 11.3 Å². The maximum absolute atomic E-state index is 11.7. The minimum Gasteiger partial charge on any atom is -0.392 e. The van der Waals surface area contributed by atoms with Gasteiger partial charge >= 0.3 is 11.9 Å². The first kappa shape index (κ1) is 11.4. The molecule has 2 atom stereocenters. The number of rotatable bonds is 2. The van der Waals surface area contributed by atoms with Crippen molar-refractivity contribution in [2.75, 3.05) is 13.1 Å². The molecule has 4 heteroatoms. The minimum atomic E-state index is -0.647. The Labute approximate surface area is 106 Å². The van der Waals surface area contributed by atoms with Crippen LogP contribution in [0.4, 0.5) is 0 Å². The topological polar surface area (TPSA) is 46.6 Å². The van der Waals surface area contributed by atoms with Gasteiger partial charge in [-0.1, -0.05) is 30.3 Å². The van der Waals surface area contributed by atoms with Gasteiger partial charge in [-0.3, -0.25) is 14.5 Å². The van der Waals surface area contributed by atoms with Crippen molar-refractivity contribution in [3.8, 4) is 0 Å². The molecule has 0 saturated carbocycles. The summed E-state index contributed by atoms with van der Waals surface area (Å²) in [5.74, 6) is -1.03. The van der Waals surface area contributed by atoms with Gasteiger partial charge in [0, 0.05) is 19.6 Å². The van der Waals surface area contributed by atoms with Gasteiger partial charge in [0.2, 0.25) is 0 Å². The molecule has 4 nitrogen and oxygen atoms in total. The Balaban J connectivity index is 1.76. The van der Waals surface area contributed by atoms with Gasteiger partial charge in [0.05, 0.1) is 11.3 Å². The maximum Gasteiger partial charge on any atom is 0.321 e. The van der Waals surface area contributed by atoms with Crippen LogP contribution in [0.1, 0.15) is 12.5 Å². The number of esters is 2. The Morgan fingerprint density at radius 1 is 1.33 bits per heavy atom. The van der Waals surface area contributed by atoms with Crippen molar-refractivity contribution in [3.05, 3.63) is 35.9 Å². The van der Waals surface area contributed by atoms with E-state index in [4.69, 9.17) is 4.74 Å². The molecule has 0 bridgehead atoms. The van der Waals surface area contributed by atoms with Crippen molar-refractivity contribution in [1.29, 1.82) is 0 Å². The zero-order valence-electron chi connectivity index (χ0n) is 10.3. The van der Waals surface area contributed by atoms with Gasteiger partial charge in [-0.05, 0) is 12.5 Å². The fourth-order valence-electron chi connectivity index (χ4n) is 2.88. The lowest BCUT2D eigenvalue weighted by Crippen LogP contribution is -2.31. The molecule has 3 rings (SSSR count). The summed E-state index contributed by atoms with van der Waals surface area (Å²) in [6.45, 7) is 3.80. The molecule has 2 aliphatic heterocycles. The molecule has 1 aromatic rings. The summed E-state index contributed by atoms with van der Waals surface area (Å²) < 4.78 is 4.73. The first-order valence-corrected chi connectivity index (χ1v) is 6.12. The predicted octanol–water partition coefficient (Wildman–Crippen LogP) is 1.21. The Bertz CT molecular complexity index is 499. The fourth-order valence-corrected chi connectivity index (χ4v) is 2.88. The summed E-state index contributed by atoms with van der Waals surface area (Å²) in [4.78, 5) is 25.5. The van der Waals surface area contributed by atoms with Crippen LogP contribution in [0.15, 0.2) is 30.3 Å². The quantitative estimate of drug-likeness (QED) is 0.580. The predicted molar refractivity (Wildman–Crippen MR) is 64.4 cm³/mol. The van der Waals surface area contributed by atoms with Crippen molar-refractivity contribution in [3.63, 3.8) is 0 Å². The van der Waals surface area contributed by atoms with Crippen molar-refractivity contribution < 1.29 is 14.3 Å². The van der Waals surface area contributed by atoms with Crippen molar-refractivity contribution in [1.82, 2.24) is 4.90 Å². The van der Waals surface area contributed by atoms with E-state index in [2.05, 4.69) is 17.0 Å². The maximum atomic E-state index is 11.7. The largest absolute Gasteiger partial charge is 0.392 e. The smallest absolute Gasteiger partial charge is 0.321 e. The molecular formula is C14H15NO3. The molecule has 0 amide bonds. The number of hydrogen-bond acceptors (Lipinski definition) is 4. The third kappa shape index (κ3) is 1.64. The Morgan fingerprint density at radius 2 is 2.06 bits per heavy atom. The van der Waals surface area contributed by atoms with E-state index >= 15 is 0 Å². The first-order chi connectivity index (χ1) is 8.59. The van der Waals surface area contributed by atoms with E-state index in [9.17, 15) is 9.59 Å². The van der Waals surface area contributed by atoms with Gasteiger partial charge < -0.3 is 4.74 Å². The van der Waals surface area contributed by atoms with Crippen LogP contribution in [0.3, 0.4) is 0 Å². The van der Waals surface area contributed by atoms with Crippen LogP contribution in [-0.2, 0) is 20.9 Å². The van der Waals surface area contributed by atoms with Crippen LogP contribution in [-0.4, -0.2) is 29.9 Å². The monoisotopic (exact) mass is 245 g/mol. The number of ether oxygens (including phenoxy) is 1. The Hall–Kier alpha value is -1.68. The standard InChI is InChI=1S/C14H15NO3/c1-14-9-15(7-10-5-3-2-4-6-10)8-11(14)12(16)18-13(14)17/h2-6,11H,7-9H2,1H3/t11-,14-/m1/s1. The number of nitrogens with zero attached hydrogens (tertiary/aromatic N) is 1. The summed E-state index contributed by atoms with van der Waals surface area (Å²) in [5.41, 5.74) is 0.549. The molecule has 2 aliphatic rings. The highest BCUT2D eigenvalue weighted by molar-refractivity contribution is 5.99. The average Bonchev–Trinajstić information content (AvgIpc) is 2.77. The van der Waals surface area contributed by atoms with E-state index in [-0.39, 0.29) is 17.9 Å². The number of carbonyl (C=O) groups is 2. The number of benzene rings is 1. The lowest BCUT2D eigenvalue weighted by atomic mass is 9.82. The molecule has 0 N–H and O–H groups in total. The number of likely N-dealkylation sites (tertiary alicyclic amines) is 1. The number of carbonyl (C=O) groups excluding carboxylic acids is 2. The van der Waals surface area contributed by atoms with Crippen LogP contribution in [0.25, 0.3) is 0 Å². The van der Waals surface area contributed by atoms with Crippen LogP contribution in [0.2, 0.25) is 0 Å². The zero-order valence-corrected chi connectivity index (χ0v) is 10.3. The summed E-state index contributed by atoms with van der Waals surface area (Å²) in [7, 11) is 0. The summed E-state index contributed by atoms with van der Waals surface area (Å²) >= 11 is 0. The third-order valence-corrected chi connectivity index (χ3v) is 3.96. The lowest BCUT2D eigenvalue weighted by molar-refractivity contribution is -0.156. The van der Waals surface area contributed by atoms with Gasteiger partial charge in [0.25, 0.3) is 0 Å². The van der Waals surface area contributed by atoms with E-state index in [1.807, 2.05) is 25.1 Å². The van der Waals surface area contributed by atoms with Crippen molar-refractivity contribution in [2.45, 2.75) is 13.5 Å². The van der Waals surface area contributed by atoms with E-state index in [1.165, 1.54) is 5.56 Å². The number of hydrogen-bond donors (Lipinski definition) is 0. The summed E-state index contributed by atoms with van der Waals surface area (Å²) in [6, 6.07) is 10.1. The second kappa shape index (κ2) is 3.92. The summed E-state index contributed by atoms with van der Waals surface area (Å²) in [6.07, 6.45) is 0. The van der Waals surface area contributed by atoms with E-state index in [0.29, 0.717) is 13.1 Å². The molecule has 2 fully saturated rings. The van der Waals surface area contributed by atoms with Crippen LogP contribution < -0.4 is 0 Å². The molecule has 0 aromatic heterocycles. The van der Waals surface area contributed by atoms with Gasteiger partial charge in [-0.15, -0.1) is 0 Å². The highest BCUT2D eigenvalue weighted by atomic mass is 16.6. The van der Waals surface area contributed by atoms with Gasteiger partial charge in [-0.25, -0.2) is 0 Å². The fraction of sp³-hybridized carbons (Fsp3) is 0.429. The molecule has 0 aliphatic carbocycles. The van der Waals surface area contributed by atoms with E-state index in [1.54, 1.807) is 0 Å². The molecule has 0 spiro atoms. The van der Waals surface area contributed by atoms with Gasteiger partial charge in [0.1, 0.15) is 0 Å². The SMILES string of the molecule is C[C@@]12CN(Cc3ccccc3)C[C@@H]1C(=O)OC2=O. The molecule has 2 saturated heterocycles. The van der Waals surface area contributed by atoms with E-state index < -0.39 is 5.41 Å². The van der Waals surface area contributed by atoms with Crippen LogP contribution >= 0.6 is 0 Å². The van der Waals surface area contributed by atoms with Crippen LogP contribution in [0.5, 0.6) is 0 Å². The minimum absolute atomic E-state index is 0.297. The van der Waals surface area contributed by atoms with Gasteiger partial charge in [-0.2, -0.15) is 0 Å². The number of cyclic esters (lactones) is 2. The Morgan fingerprint density at radius 3 is 2.72 bits per heavy atom. The average molecular weight is 245 g/mol. The highest BCUT2D eigenvalue weighted by Crippen LogP contribution is 2.42. The molecular weight excluding hydrogens is 230 g/mol. The molecule has 0 radical (unpaired) electrons. The second-order valence-corrected chi connectivity index (χ2v) is 5.33. The normalized spacial score (nSPS) is 31.5. The first-order valence-electron chi connectivity index (χ1n) is 6.12. The second-order valence-electron chi connectivity index (χ2n) is 5.33. The zero-order chi connectivity index (χ0) is 12.8. The van der Waals surface area contributed by atoms with Crippen LogP contribution in [0, 0.1) is 11.3 Å². The third-order valence-electron chi connectivity index (χ3n) is 3.96. The van der Waals surface area contributed by atoms with Gasteiger partial charge in [0.15, 0.2) is 0 Å².